The van der Waals surface area contributed by atoms with Gasteiger partial charge in [-0.05, 0) is 37.6 Å². The normalized spacial score (nSPS) is 25.2. The predicted octanol–water partition coefficient (Wildman–Crippen LogP) is 4.43. The highest BCUT2D eigenvalue weighted by molar-refractivity contribution is 9.10. The van der Waals surface area contributed by atoms with Crippen LogP contribution in [0.3, 0.4) is 0 Å². The van der Waals surface area contributed by atoms with Crippen LogP contribution in [0.5, 0.6) is 0 Å². The van der Waals surface area contributed by atoms with Gasteiger partial charge in [-0.3, -0.25) is 4.90 Å². The number of halogens is 2. The van der Waals surface area contributed by atoms with Crippen molar-refractivity contribution in [3.05, 3.63) is 34.3 Å². The Morgan fingerprint density at radius 3 is 2.82 bits per heavy atom. The van der Waals surface area contributed by atoms with Gasteiger partial charge in [0.2, 0.25) is 0 Å². The van der Waals surface area contributed by atoms with Crippen LogP contribution < -0.4 is 0 Å². The fraction of sp³-hybridized carbons (Fsp3) is 0.571. The van der Waals surface area contributed by atoms with E-state index in [0.29, 0.717) is 11.4 Å². The van der Waals surface area contributed by atoms with Crippen molar-refractivity contribution in [1.82, 2.24) is 4.90 Å². The van der Waals surface area contributed by atoms with E-state index in [1.807, 2.05) is 0 Å². The Kier molecular flexibility index (Phi) is 4.89. The number of hydrogen-bond acceptors (Lipinski definition) is 1. The van der Waals surface area contributed by atoms with Gasteiger partial charge in [-0.2, -0.15) is 0 Å². The maximum Gasteiger partial charge on any atom is 0.0491 e. The second kappa shape index (κ2) is 6.21. The molecule has 0 amide bonds. The molecule has 0 radical (unpaired) electrons. The lowest BCUT2D eigenvalue weighted by atomic mass is 9.93. The molecule has 1 saturated carbocycles. The third-order valence-electron chi connectivity index (χ3n) is 3.53. The lowest BCUT2D eigenvalue weighted by Crippen LogP contribution is -2.40. The van der Waals surface area contributed by atoms with Crippen LogP contribution in [0.1, 0.15) is 31.2 Å². The van der Waals surface area contributed by atoms with Crippen LogP contribution in [0.2, 0.25) is 0 Å². The van der Waals surface area contributed by atoms with Crippen molar-refractivity contribution in [2.75, 3.05) is 7.05 Å². The molecule has 1 aliphatic carbocycles. The van der Waals surface area contributed by atoms with Crippen molar-refractivity contribution in [3.8, 4) is 0 Å². The SMILES string of the molecule is CN(Cc1cccc(Br)c1)C1CCCCC1Cl. The summed E-state index contributed by atoms with van der Waals surface area (Å²) in [5.41, 5.74) is 1.34. The fourth-order valence-electron chi connectivity index (χ4n) is 2.60. The van der Waals surface area contributed by atoms with Crippen molar-refractivity contribution < 1.29 is 0 Å². The lowest BCUT2D eigenvalue weighted by Gasteiger charge is -2.35. The van der Waals surface area contributed by atoms with E-state index in [1.165, 1.54) is 24.8 Å². The van der Waals surface area contributed by atoms with Gasteiger partial charge in [-0.1, -0.05) is 40.9 Å². The van der Waals surface area contributed by atoms with Crippen LogP contribution in [0, 0.1) is 0 Å². The third kappa shape index (κ3) is 3.70. The molecule has 0 bridgehead atoms. The predicted molar refractivity (Wildman–Crippen MR) is 77.5 cm³/mol. The van der Waals surface area contributed by atoms with Crippen molar-refractivity contribution in [2.45, 2.75) is 43.6 Å². The van der Waals surface area contributed by atoms with Gasteiger partial charge < -0.3 is 0 Å². The average Bonchev–Trinajstić information content (AvgIpc) is 2.29. The summed E-state index contributed by atoms with van der Waals surface area (Å²) in [5.74, 6) is 0. The minimum atomic E-state index is 0.320. The third-order valence-corrected chi connectivity index (χ3v) is 4.54. The van der Waals surface area contributed by atoms with E-state index in [9.17, 15) is 0 Å². The van der Waals surface area contributed by atoms with Gasteiger partial charge in [-0.25, -0.2) is 0 Å². The van der Waals surface area contributed by atoms with Crippen molar-refractivity contribution in [1.29, 1.82) is 0 Å². The molecule has 1 aromatic rings. The molecule has 1 fully saturated rings. The van der Waals surface area contributed by atoms with E-state index >= 15 is 0 Å². The Morgan fingerprint density at radius 1 is 1.35 bits per heavy atom. The molecular weight excluding hydrogens is 298 g/mol. The molecule has 0 saturated heterocycles. The molecule has 2 rings (SSSR count). The number of nitrogens with zero attached hydrogens (tertiary/aromatic N) is 1. The topological polar surface area (TPSA) is 3.24 Å². The Hall–Kier alpha value is -0.0500. The quantitative estimate of drug-likeness (QED) is 0.746. The van der Waals surface area contributed by atoms with Crippen molar-refractivity contribution in [2.24, 2.45) is 0 Å². The molecule has 3 heteroatoms. The Bertz CT molecular complexity index is 369. The molecular formula is C14H19BrClN. The van der Waals surface area contributed by atoms with E-state index in [4.69, 9.17) is 11.6 Å². The number of rotatable bonds is 3. The first-order chi connectivity index (χ1) is 8.16. The maximum absolute atomic E-state index is 6.42. The van der Waals surface area contributed by atoms with Crippen LogP contribution in [-0.2, 0) is 6.54 Å². The number of benzene rings is 1. The van der Waals surface area contributed by atoms with Gasteiger partial charge in [0, 0.05) is 22.4 Å². The minimum Gasteiger partial charge on any atom is -0.298 e. The van der Waals surface area contributed by atoms with Gasteiger partial charge in [0.15, 0.2) is 0 Å². The highest BCUT2D eigenvalue weighted by atomic mass is 79.9. The second-order valence-corrected chi connectivity index (χ2v) is 6.39. The molecule has 94 valence electrons. The molecule has 17 heavy (non-hydrogen) atoms. The summed E-state index contributed by atoms with van der Waals surface area (Å²) in [6, 6.07) is 9.04. The van der Waals surface area contributed by atoms with Crippen LogP contribution in [0.15, 0.2) is 28.7 Å². The van der Waals surface area contributed by atoms with Crippen molar-refractivity contribution >= 4 is 27.5 Å². The molecule has 2 atom stereocenters. The largest absolute Gasteiger partial charge is 0.298 e. The second-order valence-electron chi connectivity index (χ2n) is 4.91. The molecule has 0 aliphatic heterocycles. The van der Waals surface area contributed by atoms with Gasteiger partial charge in [0.25, 0.3) is 0 Å². The standard InChI is InChI=1S/C14H19BrClN/c1-17(14-8-3-2-7-13(14)16)10-11-5-4-6-12(15)9-11/h4-6,9,13-14H,2-3,7-8,10H2,1H3. The number of hydrogen-bond donors (Lipinski definition) is 0. The molecule has 0 heterocycles. The fourth-order valence-corrected chi connectivity index (χ4v) is 3.52. The van der Waals surface area contributed by atoms with Crippen LogP contribution in [0.25, 0.3) is 0 Å². The van der Waals surface area contributed by atoms with Gasteiger partial charge in [0.05, 0.1) is 0 Å². The lowest BCUT2D eigenvalue weighted by molar-refractivity contribution is 0.188. The van der Waals surface area contributed by atoms with E-state index in [0.717, 1.165) is 17.4 Å². The zero-order chi connectivity index (χ0) is 12.3. The van der Waals surface area contributed by atoms with E-state index in [1.54, 1.807) is 0 Å². The zero-order valence-corrected chi connectivity index (χ0v) is 12.5. The maximum atomic E-state index is 6.42. The summed E-state index contributed by atoms with van der Waals surface area (Å²) in [4.78, 5) is 2.40. The van der Waals surface area contributed by atoms with Crippen LogP contribution in [0.4, 0.5) is 0 Å². The molecule has 0 aromatic heterocycles. The van der Waals surface area contributed by atoms with E-state index < -0.39 is 0 Å². The summed E-state index contributed by atoms with van der Waals surface area (Å²) in [7, 11) is 2.19. The van der Waals surface area contributed by atoms with E-state index in [2.05, 4.69) is 52.1 Å². The van der Waals surface area contributed by atoms with E-state index in [-0.39, 0.29) is 0 Å². The monoisotopic (exact) mass is 315 g/mol. The molecule has 1 nitrogen and oxygen atoms in total. The van der Waals surface area contributed by atoms with Gasteiger partial charge in [0.1, 0.15) is 0 Å². The number of alkyl halides is 1. The summed E-state index contributed by atoms with van der Waals surface area (Å²) < 4.78 is 1.15. The molecule has 1 aliphatic rings. The summed E-state index contributed by atoms with van der Waals surface area (Å²) in [5, 5.41) is 0.320. The Labute approximate surface area is 117 Å². The molecule has 0 N–H and O–H groups in total. The first-order valence-corrected chi connectivity index (χ1v) is 7.48. The first kappa shape index (κ1) is 13.4. The zero-order valence-electron chi connectivity index (χ0n) is 10.2. The summed E-state index contributed by atoms with van der Waals surface area (Å²) in [6.45, 7) is 0.979. The van der Waals surface area contributed by atoms with Crippen LogP contribution >= 0.6 is 27.5 Å². The highest BCUT2D eigenvalue weighted by Gasteiger charge is 2.26. The smallest absolute Gasteiger partial charge is 0.0491 e. The minimum absolute atomic E-state index is 0.320. The molecule has 2 unspecified atom stereocenters. The highest BCUT2D eigenvalue weighted by Crippen LogP contribution is 2.27. The Balaban J connectivity index is 1.98. The Morgan fingerprint density at radius 2 is 2.12 bits per heavy atom. The molecule has 1 aromatic carbocycles. The summed E-state index contributed by atoms with van der Waals surface area (Å²) >= 11 is 9.94. The summed E-state index contributed by atoms with van der Waals surface area (Å²) in [6.07, 6.45) is 5.00. The molecule has 0 spiro atoms. The average molecular weight is 317 g/mol. The van der Waals surface area contributed by atoms with Gasteiger partial charge in [-0.15, -0.1) is 11.6 Å². The van der Waals surface area contributed by atoms with Crippen molar-refractivity contribution in [3.63, 3.8) is 0 Å². The first-order valence-electron chi connectivity index (χ1n) is 6.25. The van der Waals surface area contributed by atoms with Crippen LogP contribution in [-0.4, -0.2) is 23.4 Å². The van der Waals surface area contributed by atoms with Gasteiger partial charge >= 0.3 is 0 Å².